The van der Waals surface area contributed by atoms with Crippen molar-refractivity contribution < 1.29 is 22.6 Å². The predicted octanol–water partition coefficient (Wildman–Crippen LogP) is 2.67. The van der Waals surface area contributed by atoms with E-state index in [4.69, 9.17) is 9.47 Å². The van der Waals surface area contributed by atoms with Gasteiger partial charge in [-0.25, -0.2) is 13.2 Å². The molecule has 0 bridgehead atoms. The lowest BCUT2D eigenvalue weighted by Crippen LogP contribution is -2.45. The molecule has 0 aliphatic carbocycles. The van der Waals surface area contributed by atoms with Crippen molar-refractivity contribution in [1.29, 1.82) is 0 Å². The second-order valence-electron chi connectivity index (χ2n) is 4.61. The normalized spacial score (nSPS) is 19.8. The molecule has 1 heterocycles. The van der Waals surface area contributed by atoms with Crippen LogP contribution in [-0.4, -0.2) is 25.0 Å². The summed E-state index contributed by atoms with van der Waals surface area (Å²) in [6.45, 7) is 4.12. The van der Waals surface area contributed by atoms with Crippen molar-refractivity contribution in [3.05, 3.63) is 29.6 Å². The van der Waals surface area contributed by atoms with E-state index in [1.165, 1.54) is 0 Å². The highest BCUT2D eigenvalue weighted by atomic mass is 19.2. The fourth-order valence-corrected chi connectivity index (χ4v) is 1.63. The predicted molar refractivity (Wildman–Crippen MR) is 59.7 cm³/mol. The standard InChI is InChI=1S/C12H14F3NO2/c1-12(2)17-5-7(6-18-12)16-11-4-9(14)8(13)3-10(11)15/h3-4,7,16H,5-6H2,1-2H3. The van der Waals surface area contributed by atoms with Gasteiger partial charge in [0.15, 0.2) is 17.4 Å². The van der Waals surface area contributed by atoms with E-state index in [1.807, 2.05) is 0 Å². The molecule has 1 N–H and O–H groups in total. The van der Waals surface area contributed by atoms with Gasteiger partial charge in [-0.2, -0.15) is 0 Å². The van der Waals surface area contributed by atoms with Gasteiger partial charge in [0.1, 0.15) is 5.82 Å². The second kappa shape index (κ2) is 4.78. The summed E-state index contributed by atoms with van der Waals surface area (Å²) in [5.74, 6) is -3.84. The average Bonchev–Trinajstić information content (AvgIpc) is 2.28. The van der Waals surface area contributed by atoms with Crippen LogP contribution in [0.3, 0.4) is 0 Å². The Hall–Kier alpha value is -1.27. The molecule has 0 radical (unpaired) electrons. The minimum atomic E-state index is -1.21. The molecule has 0 atom stereocenters. The minimum Gasteiger partial charge on any atom is -0.375 e. The summed E-state index contributed by atoms with van der Waals surface area (Å²) in [5.41, 5.74) is -0.106. The van der Waals surface area contributed by atoms with E-state index in [2.05, 4.69) is 5.32 Å². The topological polar surface area (TPSA) is 30.5 Å². The van der Waals surface area contributed by atoms with Crippen LogP contribution in [0.2, 0.25) is 0 Å². The van der Waals surface area contributed by atoms with Crippen molar-refractivity contribution in [3.63, 3.8) is 0 Å². The van der Waals surface area contributed by atoms with E-state index in [-0.39, 0.29) is 11.7 Å². The van der Waals surface area contributed by atoms with Crippen LogP contribution in [0.1, 0.15) is 13.8 Å². The van der Waals surface area contributed by atoms with Gasteiger partial charge in [0.25, 0.3) is 0 Å². The third kappa shape index (κ3) is 2.94. The summed E-state index contributed by atoms with van der Waals surface area (Å²) in [4.78, 5) is 0. The Labute approximate surface area is 103 Å². The highest BCUT2D eigenvalue weighted by Gasteiger charge is 2.28. The smallest absolute Gasteiger partial charge is 0.162 e. The van der Waals surface area contributed by atoms with Gasteiger partial charge in [-0.3, -0.25) is 0 Å². The molecule has 0 amide bonds. The lowest BCUT2D eigenvalue weighted by Gasteiger charge is -2.35. The van der Waals surface area contributed by atoms with Gasteiger partial charge in [0.2, 0.25) is 0 Å². The molecule has 18 heavy (non-hydrogen) atoms. The first-order chi connectivity index (χ1) is 8.37. The summed E-state index contributed by atoms with van der Waals surface area (Å²) in [5, 5.41) is 2.72. The molecule has 1 aliphatic heterocycles. The molecule has 1 aliphatic rings. The molecule has 1 fully saturated rings. The molecular weight excluding hydrogens is 247 g/mol. The van der Waals surface area contributed by atoms with Gasteiger partial charge >= 0.3 is 0 Å². The van der Waals surface area contributed by atoms with Crippen molar-refractivity contribution in [3.8, 4) is 0 Å². The van der Waals surface area contributed by atoms with Crippen molar-refractivity contribution in [1.82, 2.24) is 0 Å². The number of anilines is 1. The lowest BCUT2D eigenvalue weighted by molar-refractivity contribution is -0.247. The van der Waals surface area contributed by atoms with Crippen molar-refractivity contribution in [2.45, 2.75) is 25.7 Å². The number of nitrogens with one attached hydrogen (secondary N) is 1. The SMILES string of the molecule is CC1(C)OCC(Nc2cc(F)c(F)cc2F)CO1. The summed E-state index contributed by atoms with van der Waals surface area (Å²) < 4.78 is 49.9. The van der Waals surface area contributed by atoms with Gasteiger partial charge in [0.05, 0.1) is 24.9 Å². The van der Waals surface area contributed by atoms with Crippen molar-refractivity contribution >= 4 is 5.69 Å². The molecule has 2 rings (SSSR count). The zero-order valence-electron chi connectivity index (χ0n) is 10.1. The monoisotopic (exact) mass is 261 g/mol. The Bertz CT molecular complexity index is 441. The summed E-state index contributed by atoms with van der Waals surface area (Å²) >= 11 is 0. The third-order valence-corrected chi connectivity index (χ3v) is 2.63. The molecular formula is C12H14F3NO2. The van der Waals surface area contributed by atoms with Gasteiger partial charge in [0, 0.05) is 12.1 Å². The summed E-state index contributed by atoms with van der Waals surface area (Å²) in [6.07, 6.45) is 0. The number of rotatable bonds is 2. The Balaban J connectivity index is 2.04. The van der Waals surface area contributed by atoms with Crippen LogP contribution in [0.25, 0.3) is 0 Å². The van der Waals surface area contributed by atoms with Crippen LogP contribution in [0, 0.1) is 17.5 Å². The first-order valence-electron chi connectivity index (χ1n) is 5.56. The van der Waals surface area contributed by atoms with Crippen LogP contribution in [-0.2, 0) is 9.47 Å². The fourth-order valence-electron chi connectivity index (χ4n) is 1.63. The van der Waals surface area contributed by atoms with Gasteiger partial charge in [-0.05, 0) is 13.8 Å². The molecule has 0 saturated carbocycles. The molecule has 1 saturated heterocycles. The maximum Gasteiger partial charge on any atom is 0.162 e. The van der Waals surface area contributed by atoms with Gasteiger partial charge in [-0.1, -0.05) is 0 Å². The van der Waals surface area contributed by atoms with Crippen LogP contribution in [0.5, 0.6) is 0 Å². The molecule has 3 nitrogen and oxygen atoms in total. The van der Waals surface area contributed by atoms with Crippen molar-refractivity contribution in [2.75, 3.05) is 18.5 Å². The van der Waals surface area contributed by atoms with Gasteiger partial charge < -0.3 is 14.8 Å². The number of ether oxygens (including phenoxy) is 2. The molecule has 0 unspecified atom stereocenters. The summed E-state index contributed by atoms with van der Waals surface area (Å²) in [6, 6.07) is 0.980. The van der Waals surface area contributed by atoms with Crippen molar-refractivity contribution in [2.24, 2.45) is 0 Å². The maximum absolute atomic E-state index is 13.4. The third-order valence-electron chi connectivity index (χ3n) is 2.63. The largest absolute Gasteiger partial charge is 0.375 e. The van der Waals surface area contributed by atoms with E-state index in [0.29, 0.717) is 19.3 Å². The molecule has 1 aromatic carbocycles. The first-order valence-corrected chi connectivity index (χ1v) is 5.56. The zero-order chi connectivity index (χ0) is 13.3. The van der Waals surface area contributed by atoms with E-state index >= 15 is 0 Å². The fraction of sp³-hybridized carbons (Fsp3) is 0.500. The van der Waals surface area contributed by atoms with E-state index in [0.717, 1.165) is 6.07 Å². The molecule has 6 heteroatoms. The Morgan fingerprint density at radius 3 is 2.22 bits per heavy atom. The Morgan fingerprint density at radius 2 is 1.61 bits per heavy atom. The number of benzene rings is 1. The van der Waals surface area contributed by atoms with Crippen LogP contribution in [0.15, 0.2) is 12.1 Å². The Kier molecular flexibility index (Phi) is 3.49. The summed E-state index contributed by atoms with van der Waals surface area (Å²) in [7, 11) is 0. The first kappa shape index (κ1) is 13.2. The minimum absolute atomic E-state index is 0.106. The van der Waals surface area contributed by atoms with Crippen LogP contribution < -0.4 is 5.32 Å². The van der Waals surface area contributed by atoms with E-state index in [1.54, 1.807) is 13.8 Å². The molecule has 0 spiro atoms. The second-order valence-corrected chi connectivity index (χ2v) is 4.61. The quantitative estimate of drug-likeness (QED) is 0.830. The average molecular weight is 261 g/mol. The van der Waals surface area contributed by atoms with E-state index < -0.39 is 23.2 Å². The number of halogens is 3. The van der Waals surface area contributed by atoms with E-state index in [9.17, 15) is 13.2 Å². The van der Waals surface area contributed by atoms with Gasteiger partial charge in [-0.15, -0.1) is 0 Å². The number of hydrogen-bond donors (Lipinski definition) is 1. The zero-order valence-corrected chi connectivity index (χ0v) is 10.1. The molecule has 1 aromatic rings. The number of hydrogen-bond acceptors (Lipinski definition) is 3. The maximum atomic E-state index is 13.4. The molecule has 100 valence electrons. The van der Waals surface area contributed by atoms with Crippen LogP contribution >= 0.6 is 0 Å². The Morgan fingerprint density at radius 1 is 1.06 bits per heavy atom. The molecule has 0 aromatic heterocycles. The highest BCUT2D eigenvalue weighted by molar-refractivity contribution is 5.46. The highest BCUT2D eigenvalue weighted by Crippen LogP contribution is 2.22. The van der Waals surface area contributed by atoms with Crippen LogP contribution in [0.4, 0.5) is 18.9 Å². The lowest BCUT2D eigenvalue weighted by atomic mass is 10.2.